The van der Waals surface area contributed by atoms with Crippen LogP contribution in [0.15, 0.2) is 22.6 Å². The van der Waals surface area contributed by atoms with E-state index in [-0.39, 0.29) is 0 Å². The number of furan rings is 1. The molecule has 94 valence electrons. The number of fused-ring (bicyclic) bond motifs is 1. The molecule has 0 aliphatic heterocycles. The summed E-state index contributed by atoms with van der Waals surface area (Å²) in [5, 5.41) is 10.6. The van der Waals surface area contributed by atoms with Gasteiger partial charge in [-0.2, -0.15) is 0 Å². The fourth-order valence-corrected chi connectivity index (χ4v) is 2.95. The van der Waals surface area contributed by atoms with Crippen molar-refractivity contribution in [1.29, 1.82) is 0 Å². The summed E-state index contributed by atoms with van der Waals surface area (Å²) in [7, 11) is 0. The van der Waals surface area contributed by atoms with Crippen LogP contribution in [0.4, 0.5) is 0 Å². The third-order valence-electron chi connectivity index (χ3n) is 4.32. The molecule has 0 amide bonds. The summed E-state index contributed by atoms with van der Waals surface area (Å²) in [5.41, 5.74) is 2.09. The Bertz CT molecular complexity index is 632. The first-order valence-electron chi connectivity index (χ1n) is 6.29. The summed E-state index contributed by atoms with van der Waals surface area (Å²) >= 11 is 0. The minimum atomic E-state index is -0.709. The van der Waals surface area contributed by atoms with Gasteiger partial charge in [-0.05, 0) is 43.9 Å². The molecular weight excluding hydrogens is 228 g/mol. The first kappa shape index (κ1) is 11.3. The van der Waals surface area contributed by atoms with Gasteiger partial charge in [-0.3, -0.25) is 4.79 Å². The van der Waals surface area contributed by atoms with Crippen molar-refractivity contribution in [2.45, 2.75) is 38.5 Å². The number of carbonyl (C=O) groups is 1. The molecule has 3 rings (SSSR count). The fourth-order valence-electron chi connectivity index (χ4n) is 2.95. The Morgan fingerprint density at radius 3 is 2.61 bits per heavy atom. The van der Waals surface area contributed by atoms with E-state index >= 15 is 0 Å². The summed E-state index contributed by atoms with van der Waals surface area (Å²) < 4.78 is 5.69. The van der Waals surface area contributed by atoms with Crippen molar-refractivity contribution >= 4 is 16.9 Å². The molecule has 3 nitrogen and oxygen atoms in total. The van der Waals surface area contributed by atoms with Crippen LogP contribution in [0.1, 0.15) is 36.1 Å². The highest BCUT2D eigenvalue weighted by Crippen LogP contribution is 2.47. The molecule has 0 spiro atoms. The first-order chi connectivity index (χ1) is 8.56. The van der Waals surface area contributed by atoms with Crippen LogP contribution in [0.3, 0.4) is 0 Å². The van der Waals surface area contributed by atoms with Crippen LogP contribution in [0.25, 0.3) is 11.0 Å². The molecule has 0 saturated heterocycles. The Morgan fingerprint density at radius 1 is 1.33 bits per heavy atom. The molecule has 3 heteroatoms. The smallest absolute Gasteiger partial charge is 0.314 e. The lowest BCUT2D eigenvalue weighted by atomic mass is 9.63. The highest BCUT2D eigenvalue weighted by atomic mass is 16.4. The van der Waals surface area contributed by atoms with Crippen molar-refractivity contribution < 1.29 is 14.3 Å². The van der Waals surface area contributed by atoms with Crippen molar-refractivity contribution in [2.75, 3.05) is 0 Å². The molecule has 2 aromatic rings. The summed E-state index contributed by atoms with van der Waals surface area (Å²) in [5.74, 6) is 0.164. The minimum absolute atomic E-state index is 0.694. The van der Waals surface area contributed by atoms with E-state index in [0.29, 0.717) is 0 Å². The maximum atomic E-state index is 11.6. The van der Waals surface area contributed by atoms with E-state index in [2.05, 4.69) is 0 Å². The van der Waals surface area contributed by atoms with E-state index in [1.807, 2.05) is 32.0 Å². The van der Waals surface area contributed by atoms with E-state index in [4.69, 9.17) is 4.42 Å². The highest BCUT2D eigenvalue weighted by Gasteiger charge is 2.47. The number of carboxylic acids is 1. The Morgan fingerprint density at radius 2 is 2.06 bits per heavy atom. The van der Waals surface area contributed by atoms with Crippen LogP contribution < -0.4 is 0 Å². The van der Waals surface area contributed by atoms with E-state index in [1.54, 1.807) is 0 Å². The summed E-state index contributed by atoms with van der Waals surface area (Å²) in [6.45, 7) is 3.92. The van der Waals surface area contributed by atoms with Crippen LogP contribution in [0.2, 0.25) is 0 Å². The SMILES string of the molecule is Cc1oc2cccc(C3(C(=O)O)CCC3)c2c1C. The van der Waals surface area contributed by atoms with Crippen LogP contribution in [-0.2, 0) is 10.2 Å². The summed E-state index contributed by atoms with van der Waals surface area (Å²) in [6, 6.07) is 5.74. The molecule has 0 bridgehead atoms. The molecule has 0 unspecified atom stereocenters. The van der Waals surface area contributed by atoms with E-state index in [0.717, 1.165) is 47.1 Å². The van der Waals surface area contributed by atoms with Crippen molar-refractivity contribution in [3.8, 4) is 0 Å². The Hall–Kier alpha value is -1.77. The molecule has 0 radical (unpaired) electrons. The lowest BCUT2D eigenvalue weighted by molar-refractivity contribution is -0.147. The van der Waals surface area contributed by atoms with Crippen molar-refractivity contribution in [2.24, 2.45) is 0 Å². The third kappa shape index (κ3) is 1.27. The largest absolute Gasteiger partial charge is 0.481 e. The van der Waals surface area contributed by atoms with Gasteiger partial charge in [-0.25, -0.2) is 0 Å². The zero-order chi connectivity index (χ0) is 12.9. The van der Waals surface area contributed by atoms with Gasteiger partial charge in [0.05, 0.1) is 5.41 Å². The van der Waals surface area contributed by atoms with Gasteiger partial charge in [0.25, 0.3) is 0 Å². The van der Waals surface area contributed by atoms with E-state index in [9.17, 15) is 9.90 Å². The van der Waals surface area contributed by atoms with Crippen LogP contribution in [0, 0.1) is 13.8 Å². The number of aryl methyl sites for hydroxylation is 2. The molecule has 1 heterocycles. The summed E-state index contributed by atoms with van der Waals surface area (Å²) in [6.07, 6.45) is 2.44. The molecule has 1 fully saturated rings. The van der Waals surface area contributed by atoms with Crippen molar-refractivity contribution in [3.63, 3.8) is 0 Å². The molecule has 1 aromatic carbocycles. The number of aliphatic carboxylic acids is 1. The van der Waals surface area contributed by atoms with Gasteiger partial charge in [0.2, 0.25) is 0 Å². The first-order valence-corrected chi connectivity index (χ1v) is 6.29. The number of hydrogen-bond donors (Lipinski definition) is 1. The Kier molecular flexibility index (Phi) is 2.27. The maximum absolute atomic E-state index is 11.6. The molecule has 1 aliphatic carbocycles. The minimum Gasteiger partial charge on any atom is -0.481 e. The van der Waals surface area contributed by atoms with Gasteiger partial charge >= 0.3 is 5.97 Å². The van der Waals surface area contributed by atoms with Crippen LogP contribution >= 0.6 is 0 Å². The molecule has 1 aromatic heterocycles. The Balaban J connectivity index is 2.32. The van der Waals surface area contributed by atoms with Crippen LogP contribution in [-0.4, -0.2) is 11.1 Å². The average molecular weight is 244 g/mol. The van der Waals surface area contributed by atoms with Crippen LogP contribution in [0.5, 0.6) is 0 Å². The van der Waals surface area contributed by atoms with Crippen molar-refractivity contribution in [1.82, 2.24) is 0 Å². The molecule has 1 N–H and O–H groups in total. The zero-order valence-corrected chi connectivity index (χ0v) is 10.6. The number of rotatable bonds is 2. The van der Waals surface area contributed by atoms with Gasteiger partial charge in [-0.1, -0.05) is 18.6 Å². The average Bonchev–Trinajstić information content (AvgIpc) is 2.53. The number of benzene rings is 1. The Labute approximate surface area is 105 Å². The summed E-state index contributed by atoms with van der Waals surface area (Å²) in [4.78, 5) is 11.6. The lowest BCUT2D eigenvalue weighted by Gasteiger charge is -2.38. The van der Waals surface area contributed by atoms with E-state index in [1.165, 1.54) is 0 Å². The molecule has 1 aliphatic rings. The molecular formula is C15H16O3. The monoisotopic (exact) mass is 244 g/mol. The molecule has 18 heavy (non-hydrogen) atoms. The third-order valence-corrected chi connectivity index (χ3v) is 4.32. The quantitative estimate of drug-likeness (QED) is 0.878. The maximum Gasteiger partial charge on any atom is 0.314 e. The van der Waals surface area contributed by atoms with Gasteiger partial charge in [-0.15, -0.1) is 0 Å². The van der Waals surface area contributed by atoms with Gasteiger partial charge in [0.15, 0.2) is 0 Å². The highest BCUT2D eigenvalue weighted by molar-refractivity contribution is 5.93. The second-order valence-electron chi connectivity index (χ2n) is 5.20. The van der Waals surface area contributed by atoms with E-state index < -0.39 is 11.4 Å². The van der Waals surface area contributed by atoms with Crippen molar-refractivity contribution in [3.05, 3.63) is 35.1 Å². The predicted octanol–water partition coefficient (Wildman–Crippen LogP) is 3.56. The predicted molar refractivity (Wildman–Crippen MR) is 68.9 cm³/mol. The topological polar surface area (TPSA) is 50.4 Å². The second kappa shape index (κ2) is 3.61. The standard InChI is InChI=1S/C15H16O3/c1-9-10(2)18-12-6-3-5-11(13(9)12)15(14(16)17)7-4-8-15/h3,5-6H,4,7-8H2,1-2H3,(H,16,17). The lowest BCUT2D eigenvalue weighted by Crippen LogP contribution is -2.42. The number of carboxylic acid groups (broad SMARTS) is 1. The van der Waals surface area contributed by atoms with Gasteiger partial charge in [0.1, 0.15) is 11.3 Å². The number of hydrogen-bond acceptors (Lipinski definition) is 2. The normalized spacial score (nSPS) is 17.7. The fraction of sp³-hybridized carbons (Fsp3) is 0.400. The second-order valence-corrected chi connectivity index (χ2v) is 5.20. The van der Waals surface area contributed by atoms with Gasteiger partial charge in [0, 0.05) is 5.39 Å². The van der Waals surface area contributed by atoms with Gasteiger partial charge < -0.3 is 9.52 Å². The molecule has 0 atom stereocenters. The zero-order valence-electron chi connectivity index (χ0n) is 10.6. The molecule has 1 saturated carbocycles.